The van der Waals surface area contributed by atoms with Crippen LogP contribution in [0, 0.1) is 6.92 Å². The van der Waals surface area contributed by atoms with Gasteiger partial charge in [0.1, 0.15) is 11.9 Å². The molecule has 0 fully saturated rings. The minimum atomic E-state index is -0.430. The number of hydrogen-bond donors (Lipinski definition) is 0. The van der Waals surface area contributed by atoms with E-state index in [0.717, 1.165) is 16.6 Å². The van der Waals surface area contributed by atoms with Gasteiger partial charge in [0.2, 0.25) is 0 Å². The molecule has 4 nitrogen and oxygen atoms in total. The summed E-state index contributed by atoms with van der Waals surface area (Å²) in [5, 5.41) is 0. The lowest BCUT2D eigenvalue weighted by Crippen LogP contribution is -2.20. The minimum absolute atomic E-state index is 0.261. The second-order valence-electron chi connectivity index (χ2n) is 4.45. The molecule has 1 heterocycles. The second kappa shape index (κ2) is 5.61. The first-order chi connectivity index (χ1) is 9.08. The van der Waals surface area contributed by atoms with Gasteiger partial charge in [-0.2, -0.15) is 0 Å². The van der Waals surface area contributed by atoms with Crippen molar-refractivity contribution in [3.63, 3.8) is 0 Å². The molecule has 1 aromatic carbocycles. The molecule has 0 aliphatic carbocycles. The molecule has 0 saturated carbocycles. The van der Waals surface area contributed by atoms with Gasteiger partial charge in [-0.1, -0.05) is 6.07 Å². The van der Waals surface area contributed by atoms with Gasteiger partial charge in [-0.05, 0) is 38.5 Å². The van der Waals surface area contributed by atoms with E-state index in [1.165, 1.54) is 0 Å². The zero-order chi connectivity index (χ0) is 14.0. The Morgan fingerprint density at radius 3 is 2.89 bits per heavy atom. The van der Waals surface area contributed by atoms with Crippen LogP contribution < -0.4 is 0 Å². The van der Waals surface area contributed by atoms with Crippen LogP contribution >= 0.6 is 11.6 Å². The highest BCUT2D eigenvalue weighted by Crippen LogP contribution is 2.24. The lowest BCUT2D eigenvalue weighted by atomic mass is 10.2. The largest absolute Gasteiger partial charge is 0.464 e. The van der Waals surface area contributed by atoms with Gasteiger partial charge in [0.05, 0.1) is 23.5 Å². The first kappa shape index (κ1) is 13.9. The predicted octanol–water partition coefficient (Wildman–Crippen LogP) is 3.21. The molecule has 0 aliphatic rings. The molecule has 0 radical (unpaired) electrons. The third kappa shape index (κ3) is 2.59. The summed E-state index contributed by atoms with van der Waals surface area (Å²) >= 11 is 5.93. The number of alkyl halides is 1. The molecule has 0 spiro atoms. The predicted molar refractivity (Wildman–Crippen MR) is 75.4 cm³/mol. The van der Waals surface area contributed by atoms with E-state index in [1.807, 2.05) is 29.7 Å². The molecule has 1 atom stereocenters. The van der Waals surface area contributed by atoms with Crippen LogP contribution in [0.15, 0.2) is 18.2 Å². The lowest BCUT2D eigenvalue weighted by molar-refractivity contribution is -0.146. The van der Waals surface area contributed by atoms with Crippen LogP contribution in [-0.2, 0) is 15.4 Å². The molecule has 5 heteroatoms. The molecule has 1 aromatic heterocycles. The molecule has 1 unspecified atom stereocenters. The van der Waals surface area contributed by atoms with Gasteiger partial charge < -0.3 is 9.30 Å². The van der Waals surface area contributed by atoms with Crippen LogP contribution in [0.2, 0.25) is 0 Å². The van der Waals surface area contributed by atoms with Crippen molar-refractivity contribution in [1.82, 2.24) is 9.55 Å². The summed E-state index contributed by atoms with van der Waals surface area (Å²) in [6.07, 6.45) is 0. The van der Waals surface area contributed by atoms with Gasteiger partial charge in [0.15, 0.2) is 0 Å². The monoisotopic (exact) mass is 280 g/mol. The standard InChI is InChI=1S/C14H17ClN2O2/c1-4-19-14(18)10(3)17-12-7-9(2)5-6-11(12)16-13(17)8-15/h5-7,10H,4,8H2,1-3H3. The van der Waals surface area contributed by atoms with E-state index in [0.29, 0.717) is 12.4 Å². The maximum Gasteiger partial charge on any atom is 0.328 e. The number of aromatic nitrogens is 2. The number of nitrogens with zero attached hydrogens (tertiary/aromatic N) is 2. The average Bonchev–Trinajstić information content (AvgIpc) is 2.75. The van der Waals surface area contributed by atoms with Crippen molar-refractivity contribution in [3.05, 3.63) is 29.6 Å². The van der Waals surface area contributed by atoms with Gasteiger partial charge in [0.25, 0.3) is 0 Å². The highest BCUT2D eigenvalue weighted by Gasteiger charge is 2.22. The number of hydrogen-bond acceptors (Lipinski definition) is 3. The molecular weight excluding hydrogens is 264 g/mol. The summed E-state index contributed by atoms with van der Waals surface area (Å²) in [4.78, 5) is 16.4. The van der Waals surface area contributed by atoms with Gasteiger partial charge in [-0.15, -0.1) is 11.6 Å². The van der Waals surface area contributed by atoms with Gasteiger partial charge in [-0.25, -0.2) is 9.78 Å². The SMILES string of the molecule is CCOC(=O)C(C)n1c(CCl)nc2ccc(C)cc21. The summed E-state index contributed by atoms with van der Waals surface area (Å²) in [6.45, 7) is 5.97. The van der Waals surface area contributed by atoms with Crippen LogP contribution in [0.1, 0.15) is 31.3 Å². The molecule has 102 valence electrons. The van der Waals surface area contributed by atoms with Crippen LogP contribution in [0.4, 0.5) is 0 Å². The summed E-state index contributed by atoms with van der Waals surface area (Å²) in [5.74, 6) is 0.676. The number of imidazole rings is 1. The number of halogens is 1. The second-order valence-corrected chi connectivity index (χ2v) is 4.72. The number of carbonyl (C=O) groups excluding carboxylic acids is 1. The third-order valence-electron chi connectivity index (χ3n) is 3.05. The molecule has 2 aromatic rings. The quantitative estimate of drug-likeness (QED) is 0.638. The van der Waals surface area contributed by atoms with E-state index in [-0.39, 0.29) is 11.8 Å². The normalized spacial score (nSPS) is 12.6. The molecule has 0 amide bonds. The zero-order valence-corrected chi connectivity index (χ0v) is 12.1. The molecule has 19 heavy (non-hydrogen) atoms. The van der Waals surface area contributed by atoms with Crippen LogP contribution in [0.5, 0.6) is 0 Å². The van der Waals surface area contributed by atoms with E-state index in [9.17, 15) is 4.79 Å². The van der Waals surface area contributed by atoms with Crippen molar-refractivity contribution < 1.29 is 9.53 Å². The fourth-order valence-corrected chi connectivity index (χ4v) is 2.34. The molecule has 0 N–H and O–H groups in total. The molecule has 0 bridgehead atoms. The Morgan fingerprint density at radius 2 is 2.26 bits per heavy atom. The van der Waals surface area contributed by atoms with E-state index >= 15 is 0 Å². The first-order valence-electron chi connectivity index (χ1n) is 6.28. The van der Waals surface area contributed by atoms with Crippen LogP contribution in [0.25, 0.3) is 11.0 Å². The molecule has 2 rings (SSSR count). The Balaban J connectivity index is 2.56. The first-order valence-corrected chi connectivity index (χ1v) is 6.82. The molecule has 0 aliphatic heterocycles. The van der Waals surface area contributed by atoms with E-state index < -0.39 is 6.04 Å². The number of esters is 1. The Hall–Kier alpha value is -1.55. The Bertz CT molecular complexity index is 607. The summed E-state index contributed by atoms with van der Waals surface area (Å²) < 4.78 is 6.93. The maximum absolute atomic E-state index is 11.9. The number of aryl methyl sites for hydroxylation is 1. The summed E-state index contributed by atoms with van der Waals surface area (Å²) in [6, 6.07) is 5.51. The van der Waals surface area contributed by atoms with Gasteiger partial charge >= 0.3 is 5.97 Å². The minimum Gasteiger partial charge on any atom is -0.464 e. The Kier molecular flexibility index (Phi) is 4.10. The van der Waals surface area contributed by atoms with Crippen molar-refractivity contribution in [2.24, 2.45) is 0 Å². The van der Waals surface area contributed by atoms with Crippen molar-refractivity contribution >= 4 is 28.6 Å². The van der Waals surface area contributed by atoms with E-state index in [2.05, 4.69) is 4.98 Å². The molecular formula is C14H17ClN2O2. The average molecular weight is 281 g/mol. The lowest BCUT2D eigenvalue weighted by Gasteiger charge is -2.15. The Morgan fingerprint density at radius 1 is 1.53 bits per heavy atom. The Labute approximate surface area is 117 Å². The third-order valence-corrected chi connectivity index (χ3v) is 3.29. The highest BCUT2D eigenvalue weighted by molar-refractivity contribution is 6.16. The van der Waals surface area contributed by atoms with Crippen LogP contribution in [-0.4, -0.2) is 22.1 Å². The van der Waals surface area contributed by atoms with E-state index in [1.54, 1.807) is 13.8 Å². The highest BCUT2D eigenvalue weighted by atomic mass is 35.5. The number of ether oxygens (including phenoxy) is 1. The maximum atomic E-state index is 11.9. The zero-order valence-electron chi connectivity index (χ0n) is 11.3. The smallest absolute Gasteiger partial charge is 0.328 e. The summed E-state index contributed by atoms with van der Waals surface area (Å²) in [7, 11) is 0. The van der Waals surface area contributed by atoms with E-state index in [4.69, 9.17) is 16.3 Å². The fraction of sp³-hybridized carbons (Fsp3) is 0.429. The van der Waals surface area contributed by atoms with Gasteiger partial charge in [-0.3, -0.25) is 0 Å². The van der Waals surface area contributed by atoms with Crippen LogP contribution in [0.3, 0.4) is 0 Å². The summed E-state index contributed by atoms with van der Waals surface area (Å²) in [5.41, 5.74) is 2.87. The van der Waals surface area contributed by atoms with Crippen molar-refractivity contribution in [2.45, 2.75) is 32.7 Å². The van der Waals surface area contributed by atoms with Crippen molar-refractivity contribution in [2.75, 3.05) is 6.61 Å². The molecule has 0 saturated heterocycles. The number of fused-ring (bicyclic) bond motifs is 1. The topological polar surface area (TPSA) is 44.1 Å². The fourth-order valence-electron chi connectivity index (χ4n) is 2.15. The number of carbonyl (C=O) groups is 1. The number of benzene rings is 1. The van der Waals surface area contributed by atoms with Crippen molar-refractivity contribution in [1.29, 1.82) is 0 Å². The van der Waals surface area contributed by atoms with Gasteiger partial charge in [0, 0.05) is 0 Å². The van der Waals surface area contributed by atoms with Crippen molar-refractivity contribution in [3.8, 4) is 0 Å². The number of rotatable bonds is 4.